The molecule has 4 aliphatic carbocycles. The maximum atomic E-state index is 11.9. The van der Waals surface area contributed by atoms with Crippen LogP contribution in [0.3, 0.4) is 0 Å². The lowest BCUT2D eigenvalue weighted by Crippen LogP contribution is -2.46. The van der Waals surface area contributed by atoms with Gasteiger partial charge in [0, 0.05) is 12.8 Å². The molecule has 1 N–H and O–H groups in total. The smallest absolute Gasteiger partial charge is 0.133 e. The lowest BCUT2D eigenvalue weighted by Gasteiger charge is -2.54. The van der Waals surface area contributed by atoms with Crippen molar-refractivity contribution in [2.45, 2.75) is 70.8 Å². The third-order valence-corrected chi connectivity index (χ3v) is 7.42. The standard InChI is InChI=1S/C18H28O2/c1-18-9-12-3-2-11-6-14(19)4-5-16(11)17(12)8-13(18)7-15(20)10-18/h11-14,16-17,19H,2-10H2,1H3/t11-,12-,13+,14+,16-,17-,18-/m0/s1. The predicted molar refractivity (Wildman–Crippen MR) is 78.1 cm³/mol. The first-order valence-corrected chi connectivity index (χ1v) is 8.75. The van der Waals surface area contributed by atoms with Crippen molar-refractivity contribution in [3.05, 3.63) is 0 Å². The summed E-state index contributed by atoms with van der Waals surface area (Å²) in [5.74, 6) is 4.57. The van der Waals surface area contributed by atoms with Gasteiger partial charge in [0.1, 0.15) is 5.78 Å². The van der Waals surface area contributed by atoms with E-state index >= 15 is 0 Å². The molecule has 7 atom stereocenters. The van der Waals surface area contributed by atoms with Gasteiger partial charge in [-0.25, -0.2) is 0 Å². The zero-order valence-electron chi connectivity index (χ0n) is 12.7. The molecule has 112 valence electrons. The summed E-state index contributed by atoms with van der Waals surface area (Å²) in [5.41, 5.74) is 0.333. The first-order valence-electron chi connectivity index (χ1n) is 8.75. The highest BCUT2D eigenvalue weighted by Crippen LogP contribution is 2.60. The molecule has 4 fully saturated rings. The normalized spacial score (nSPS) is 55.0. The Morgan fingerprint density at radius 1 is 1.05 bits per heavy atom. The summed E-state index contributed by atoms with van der Waals surface area (Å²) in [6.45, 7) is 2.38. The van der Waals surface area contributed by atoms with Crippen molar-refractivity contribution in [2.24, 2.45) is 35.0 Å². The van der Waals surface area contributed by atoms with E-state index in [1.54, 1.807) is 0 Å². The summed E-state index contributed by atoms with van der Waals surface area (Å²) in [6.07, 6.45) is 10.3. The molecule has 4 saturated carbocycles. The zero-order chi connectivity index (χ0) is 13.9. The number of ketones is 1. The number of aliphatic hydroxyl groups excluding tert-OH is 1. The van der Waals surface area contributed by atoms with E-state index in [0.717, 1.165) is 49.4 Å². The molecule has 0 saturated heterocycles. The highest BCUT2D eigenvalue weighted by atomic mass is 16.3. The van der Waals surface area contributed by atoms with Gasteiger partial charge < -0.3 is 5.11 Å². The molecule has 0 aliphatic heterocycles. The van der Waals surface area contributed by atoms with Gasteiger partial charge in [-0.1, -0.05) is 6.92 Å². The van der Waals surface area contributed by atoms with Crippen molar-refractivity contribution in [3.63, 3.8) is 0 Å². The van der Waals surface area contributed by atoms with E-state index in [9.17, 15) is 9.90 Å². The lowest BCUT2D eigenvalue weighted by atomic mass is 9.51. The Morgan fingerprint density at radius 2 is 1.85 bits per heavy atom. The summed E-state index contributed by atoms with van der Waals surface area (Å²) in [7, 11) is 0. The molecular formula is C18H28O2. The molecule has 0 bridgehead atoms. The van der Waals surface area contributed by atoms with Gasteiger partial charge in [0.05, 0.1) is 6.10 Å². The van der Waals surface area contributed by atoms with Crippen LogP contribution in [0.25, 0.3) is 0 Å². The van der Waals surface area contributed by atoms with Crippen LogP contribution in [0, 0.1) is 35.0 Å². The van der Waals surface area contributed by atoms with Crippen LogP contribution in [-0.4, -0.2) is 17.0 Å². The Kier molecular flexibility index (Phi) is 3.03. The van der Waals surface area contributed by atoms with Crippen LogP contribution in [0.4, 0.5) is 0 Å². The Bertz CT molecular complexity index is 418. The third kappa shape index (κ3) is 1.98. The Labute approximate surface area is 122 Å². The summed E-state index contributed by atoms with van der Waals surface area (Å²) in [5, 5.41) is 9.93. The Hall–Kier alpha value is -0.370. The first-order chi connectivity index (χ1) is 9.55. The predicted octanol–water partition coefficient (Wildman–Crippen LogP) is 3.57. The van der Waals surface area contributed by atoms with Crippen molar-refractivity contribution in [2.75, 3.05) is 0 Å². The van der Waals surface area contributed by atoms with E-state index in [1.165, 1.54) is 32.1 Å². The lowest BCUT2D eigenvalue weighted by molar-refractivity contribution is -0.118. The van der Waals surface area contributed by atoms with Crippen molar-refractivity contribution in [1.82, 2.24) is 0 Å². The summed E-state index contributed by atoms with van der Waals surface area (Å²) in [6, 6.07) is 0. The monoisotopic (exact) mass is 276 g/mol. The molecule has 0 spiro atoms. The zero-order valence-corrected chi connectivity index (χ0v) is 12.7. The maximum Gasteiger partial charge on any atom is 0.133 e. The van der Waals surface area contributed by atoms with Gasteiger partial charge in [0.2, 0.25) is 0 Å². The molecule has 0 aromatic heterocycles. The van der Waals surface area contributed by atoms with Crippen molar-refractivity contribution >= 4 is 5.78 Å². The minimum atomic E-state index is -0.0327. The molecule has 0 unspecified atom stereocenters. The van der Waals surface area contributed by atoms with E-state index in [-0.39, 0.29) is 6.10 Å². The molecule has 4 rings (SSSR count). The molecule has 0 aromatic rings. The topological polar surface area (TPSA) is 37.3 Å². The second-order valence-corrected chi connectivity index (χ2v) is 8.60. The number of carbonyl (C=O) groups excluding carboxylic acids is 1. The number of rotatable bonds is 0. The third-order valence-electron chi connectivity index (χ3n) is 7.42. The number of hydrogen-bond donors (Lipinski definition) is 1. The number of carbonyl (C=O) groups is 1. The Balaban J connectivity index is 1.55. The summed E-state index contributed by atoms with van der Waals surface area (Å²) < 4.78 is 0. The number of fused-ring (bicyclic) bond motifs is 4. The van der Waals surface area contributed by atoms with Crippen LogP contribution < -0.4 is 0 Å². The number of aliphatic hydroxyl groups is 1. The van der Waals surface area contributed by atoms with E-state index < -0.39 is 0 Å². The summed E-state index contributed by atoms with van der Waals surface area (Å²) in [4.78, 5) is 11.9. The second-order valence-electron chi connectivity index (χ2n) is 8.60. The van der Waals surface area contributed by atoms with Gasteiger partial charge in [-0.15, -0.1) is 0 Å². The average Bonchev–Trinajstić information content (AvgIpc) is 2.68. The fraction of sp³-hybridized carbons (Fsp3) is 0.944. The largest absolute Gasteiger partial charge is 0.393 e. The maximum absolute atomic E-state index is 11.9. The quantitative estimate of drug-likeness (QED) is 0.734. The number of Topliss-reactive ketones (excluding diaryl/α,β-unsaturated/α-hetero) is 1. The number of hydrogen-bond acceptors (Lipinski definition) is 2. The molecular weight excluding hydrogens is 248 g/mol. The minimum absolute atomic E-state index is 0.0327. The van der Waals surface area contributed by atoms with E-state index in [4.69, 9.17) is 0 Å². The highest BCUT2D eigenvalue weighted by molar-refractivity contribution is 5.82. The highest BCUT2D eigenvalue weighted by Gasteiger charge is 2.53. The van der Waals surface area contributed by atoms with Gasteiger partial charge >= 0.3 is 0 Å². The fourth-order valence-corrected chi connectivity index (χ4v) is 6.49. The van der Waals surface area contributed by atoms with Crippen molar-refractivity contribution in [1.29, 1.82) is 0 Å². The van der Waals surface area contributed by atoms with Crippen LogP contribution in [0.1, 0.15) is 64.7 Å². The minimum Gasteiger partial charge on any atom is -0.393 e. The molecule has 0 aromatic carbocycles. The van der Waals surface area contributed by atoms with Gasteiger partial charge in [0.25, 0.3) is 0 Å². The van der Waals surface area contributed by atoms with Crippen LogP contribution in [-0.2, 0) is 4.79 Å². The van der Waals surface area contributed by atoms with Gasteiger partial charge in [-0.3, -0.25) is 4.79 Å². The Morgan fingerprint density at radius 3 is 2.70 bits per heavy atom. The van der Waals surface area contributed by atoms with Crippen molar-refractivity contribution < 1.29 is 9.90 Å². The van der Waals surface area contributed by atoms with E-state index in [0.29, 0.717) is 17.1 Å². The first kappa shape index (κ1) is 13.3. The average molecular weight is 276 g/mol. The van der Waals surface area contributed by atoms with Crippen LogP contribution >= 0.6 is 0 Å². The molecule has 2 heteroatoms. The van der Waals surface area contributed by atoms with Crippen LogP contribution in [0.2, 0.25) is 0 Å². The molecule has 0 amide bonds. The van der Waals surface area contributed by atoms with Crippen LogP contribution in [0.5, 0.6) is 0 Å². The molecule has 20 heavy (non-hydrogen) atoms. The van der Waals surface area contributed by atoms with Crippen molar-refractivity contribution in [3.8, 4) is 0 Å². The molecule has 4 aliphatic rings. The molecule has 0 heterocycles. The molecule has 0 radical (unpaired) electrons. The molecule has 2 nitrogen and oxygen atoms in total. The fourth-order valence-electron chi connectivity index (χ4n) is 6.49. The summed E-state index contributed by atoms with van der Waals surface area (Å²) >= 11 is 0. The van der Waals surface area contributed by atoms with Gasteiger partial charge in [-0.2, -0.15) is 0 Å². The second kappa shape index (κ2) is 4.56. The van der Waals surface area contributed by atoms with E-state index in [1.807, 2.05) is 0 Å². The van der Waals surface area contributed by atoms with Gasteiger partial charge in [0.15, 0.2) is 0 Å². The SMILES string of the molecule is C[C@]12CC(=O)C[C@@H]1C[C@H]1[C@@H](CC[C@H]3C[C@H](O)CC[C@@H]31)C2. The van der Waals surface area contributed by atoms with Gasteiger partial charge in [-0.05, 0) is 80.0 Å². The van der Waals surface area contributed by atoms with Crippen LogP contribution in [0.15, 0.2) is 0 Å². The van der Waals surface area contributed by atoms with E-state index in [2.05, 4.69) is 6.92 Å².